The zero-order valence-electron chi connectivity index (χ0n) is 4.70. The van der Waals surface area contributed by atoms with E-state index in [9.17, 15) is 0 Å². The Morgan fingerprint density at radius 3 is 2.33 bits per heavy atom. The van der Waals surface area contributed by atoms with Crippen LogP contribution >= 0.6 is 0 Å². The van der Waals surface area contributed by atoms with Gasteiger partial charge in [-0.15, -0.1) is 0 Å². The molecule has 0 spiro atoms. The van der Waals surface area contributed by atoms with E-state index in [1.54, 1.807) is 0 Å². The highest BCUT2D eigenvalue weighted by Crippen LogP contribution is 1.90. The molecule has 0 fully saturated rings. The van der Waals surface area contributed by atoms with Gasteiger partial charge in [0.1, 0.15) is 0 Å². The van der Waals surface area contributed by atoms with E-state index in [1.807, 2.05) is 0 Å². The zero-order valence-corrected chi connectivity index (χ0v) is 5.85. The highest BCUT2D eigenvalue weighted by Gasteiger charge is 1.76. The van der Waals surface area contributed by atoms with E-state index in [-0.39, 0.29) is 0 Å². The van der Waals surface area contributed by atoms with Crippen LogP contribution < -0.4 is 0 Å². The van der Waals surface area contributed by atoms with E-state index < -0.39 is 0 Å². The molecule has 0 unspecified atom stereocenters. The van der Waals surface area contributed by atoms with Crippen molar-refractivity contribution in [2.75, 3.05) is 0 Å². The summed E-state index contributed by atoms with van der Waals surface area (Å²) in [6.45, 7) is 4.56. The number of hydrogen-bond donors (Lipinski definition) is 0. The van der Waals surface area contributed by atoms with E-state index in [0.29, 0.717) is 0 Å². The molecule has 0 aliphatic carbocycles. The molecule has 1 heteroatoms. The Hall–Kier alpha value is 0.217. The van der Waals surface area contributed by atoms with Crippen LogP contribution in [0.1, 0.15) is 19.8 Å². The Labute approximate surface area is 42.8 Å². The molecule has 37 valence electrons. The second-order valence-electron chi connectivity index (χ2n) is 1.55. The van der Waals surface area contributed by atoms with E-state index in [4.69, 9.17) is 0 Å². The number of unbranched alkanes of at least 4 members (excludes halogenated alkanes) is 1. The quantitative estimate of drug-likeness (QED) is 0.375. The lowest BCUT2D eigenvalue weighted by Crippen LogP contribution is -1.76. The van der Waals surface area contributed by atoms with Crippen molar-refractivity contribution in [1.82, 2.24) is 0 Å². The van der Waals surface area contributed by atoms with Crippen molar-refractivity contribution in [2.24, 2.45) is 0 Å². The first-order chi connectivity index (χ1) is 2.91. The Bertz CT molecular complexity index is 15.9. The number of hydrogen-bond acceptors (Lipinski definition) is 0. The van der Waals surface area contributed by atoms with Gasteiger partial charge in [0, 0.05) is 9.52 Å². The van der Waals surface area contributed by atoms with Crippen molar-refractivity contribution >= 4 is 9.52 Å². The summed E-state index contributed by atoms with van der Waals surface area (Å²) in [7, 11) is 0.784. The summed E-state index contributed by atoms with van der Waals surface area (Å²) in [4.78, 5) is 0. The van der Waals surface area contributed by atoms with Gasteiger partial charge in [0.25, 0.3) is 0 Å². The zero-order chi connectivity index (χ0) is 4.83. The first-order valence-corrected chi connectivity index (χ1v) is 4.66. The van der Waals surface area contributed by atoms with Gasteiger partial charge in [0.15, 0.2) is 0 Å². The molecule has 0 saturated carbocycles. The average Bonchev–Trinajstić information content (AvgIpc) is 1.61. The van der Waals surface area contributed by atoms with E-state index in [0.717, 1.165) is 9.52 Å². The summed E-state index contributed by atoms with van der Waals surface area (Å²) in [6, 6.07) is 1.50. The Balaban J connectivity index is 2.34. The van der Waals surface area contributed by atoms with Crippen LogP contribution in [-0.4, -0.2) is 9.52 Å². The summed E-state index contributed by atoms with van der Waals surface area (Å²) < 4.78 is 0. The molecule has 0 nitrogen and oxygen atoms in total. The van der Waals surface area contributed by atoms with Crippen molar-refractivity contribution in [3.63, 3.8) is 0 Å². The fraction of sp³-hybridized carbons (Fsp3) is 1.00. The van der Waals surface area contributed by atoms with Crippen LogP contribution in [0.25, 0.3) is 0 Å². The highest BCUT2D eigenvalue weighted by molar-refractivity contribution is 6.33. The fourth-order valence-electron chi connectivity index (χ4n) is 0.408. The average molecular weight is 101 g/mol. The molecule has 0 aliphatic heterocycles. The summed E-state index contributed by atoms with van der Waals surface area (Å²) in [5.41, 5.74) is 0. The highest BCUT2D eigenvalue weighted by atomic mass is 28.2. The lowest BCUT2D eigenvalue weighted by atomic mass is 10.4. The predicted octanol–water partition coefficient (Wildman–Crippen LogP) is 1.69. The third-order valence-electron chi connectivity index (χ3n) is 0.846. The predicted molar refractivity (Wildman–Crippen MR) is 32.7 cm³/mol. The summed E-state index contributed by atoms with van der Waals surface area (Å²) in [5, 5.41) is 0. The molecule has 0 heterocycles. The fourth-order valence-corrected chi connectivity index (χ4v) is 1.22. The second kappa shape index (κ2) is 5.22. The van der Waals surface area contributed by atoms with E-state index in [1.165, 1.54) is 18.9 Å². The monoisotopic (exact) mass is 101 g/mol. The lowest BCUT2D eigenvalue weighted by molar-refractivity contribution is 0.880. The third kappa shape index (κ3) is 4.22. The van der Waals surface area contributed by atoms with Crippen LogP contribution in [0.3, 0.4) is 0 Å². The van der Waals surface area contributed by atoms with Gasteiger partial charge in [0.05, 0.1) is 0 Å². The van der Waals surface area contributed by atoms with Gasteiger partial charge >= 0.3 is 0 Å². The van der Waals surface area contributed by atoms with Gasteiger partial charge < -0.3 is 0 Å². The van der Waals surface area contributed by atoms with Crippen LogP contribution in [-0.2, 0) is 0 Å². The van der Waals surface area contributed by atoms with Crippen molar-refractivity contribution in [3.05, 3.63) is 0 Å². The van der Waals surface area contributed by atoms with Crippen molar-refractivity contribution in [2.45, 2.75) is 32.4 Å². The van der Waals surface area contributed by atoms with E-state index in [2.05, 4.69) is 13.5 Å². The summed E-state index contributed by atoms with van der Waals surface area (Å²) in [5.74, 6) is 0. The maximum atomic E-state index is 2.32. The SMILES string of the molecule is CCCC[SiH]C. The number of rotatable bonds is 3. The molecule has 0 N–H and O–H groups in total. The molecular formula is C5H13Si. The topological polar surface area (TPSA) is 0 Å². The summed E-state index contributed by atoms with van der Waals surface area (Å²) in [6.07, 6.45) is 2.83. The van der Waals surface area contributed by atoms with Crippen LogP contribution in [0, 0.1) is 0 Å². The molecule has 6 heavy (non-hydrogen) atoms. The largest absolute Gasteiger partial charge is 0.0741 e. The molecule has 0 aromatic carbocycles. The molecule has 0 rings (SSSR count). The van der Waals surface area contributed by atoms with Gasteiger partial charge in [-0.25, -0.2) is 0 Å². The van der Waals surface area contributed by atoms with Crippen LogP contribution in [0.15, 0.2) is 0 Å². The Morgan fingerprint density at radius 2 is 2.17 bits per heavy atom. The molecule has 0 aliphatic rings. The minimum Gasteiger partial charge on any atom is -0.0741 e. The lowest BCUT2D eigenvalue weighted by Gasteiger charge is -1.85. The molecule has 0 aromatic heterocycles. The van der Waals surface area contributed by atoms with Crippen LogP contribution in [0.4, 0.5) is 0 Å². The Kier molecular flexibility index (Phi) is 5.41. The van der Waals surface area contributed by atoms with Crippen LogP contribution in [0.2, 0.25) is 12.6 Å². The molecule has 0 atom stereocenters. The van der Waals surface area contributed by atoms with Crippen molar-refractivity contribution in [1.29, 1.82) is 0 Å². The smallest absolute Gasteiger partial charge is 0.0246 e. The standard InChI is InChI=1S/C5H13Si/c1-3-4-5-6-2/h6H,3-5H2,1-2H3. The molecule has 0 saturated heterocycles. The first-order valence-electron chi connectivity index (χ1n) is 2.69. The van der Waals surface area contributed by atoms with Gasteiger partial charge in [-0.2, -0.15) is 0 Å². The van der Waals surface area contributed by atoms with E-state index >= 15 is 0 Å². The molecule has 0 aromatic rings. The van der Waals surface area contributed by atoms with Gasteiger partial charge in [-0.1, -0.05) is 32.4 Å². The molecule has 0 amide bonds. The first kappa shape index (κ1) is 6.22. The molecule has 0 bridgehead atoms. The van der Waals surface area contributed by atoms with Gasteiger partial charge in [0.2, 0.25) is 0 Å². The summed E-state index contributed by atoms with van der Waals surface area (Å²) >= 11 is 0. The van der Waals surface area contributed by atoms with Gasteiger partial charge in [-0.05, 0) is 0 Å². The van der Waals surface area contributed by atoms with Crippen molar-refractivity contribution < 1.29 is 0 Å². The van der Waals surface area contributed by atoms with Crippen molar-refractivity contribution in [3.8, 4) is 0 Å². The van der Waals surface area contributed by atoms with Gasteiger partial charge in [-0.3, -0.25) is 0 Å². The minimum atomic E-state index is 0.784. The second-order valence-corrected chi connectivity index (χ2v) is 2.94. The molecular weight excluding hydrogens is 88.1 g/mol. The minimum absolute atomic E-state index is 0.784. The maximum absolute atomic E-state index is 2.32. The maximum Gasteiger partial charge on any atom is 0.0246 e. The Morgan fingerprint density at radius 1 is 1.50 bits per heavy atom. The molecule has 1 radical (unpaired) electrons. The normalized spacial score (nSPS) is 9.00. The van der Waals surface area contributed by atoms with Crippen LogP contribution in [0.5, 0.6) is 0 Å². The third-order valence-corrected chi connectivity index (χ3v) is 1.83.